The van der Waals surface area contributed by atoms with E-state index in [-0.39, 0.29) is 5.56 Å². The Morgan fingerprint density at radius 2 is 1.84 bits per heavy atom. The van der Waals surface area contributed by atoms with Gasteiger partial charge in [0.15, 0.2) is 4.80 Å². The Morgan fingerprint density at radius 1 is 1.12 bits per heavy atom. The Hall–Kier alpha value is -2.66. The molecule has 0 unspecified atom stereocenters. The molecule has 0 aliphatic heterocycles. The van der Waals surface area contributed by atoms with Gasteiger partial charge in [0, 0.05) is 11.9 Å². The molecule has 126 valence electrons. The van der Waals surface area contributed by atoms with Gasteiger partial charge in [-0.1, -0.05) is 30.3 Å². The zero-order valence-corrected chi connectivity index (χ0v) is 14.4. The van der Waals surface area contributed by atoms with Crippen molar-refractivity contribution in [1.29, 1.82) is 0 Å². The maximum absolute atomic E-state index is 11.0. The van der Waals surface area contributed by atoms with Gasteiger partial charge in [-0.15, -0.1) is 11.3 Å². The smallest absolute Gasteiger partial charge is 0.335 e. The van der Waals surface area contributed by atoms with E-state index in [4.69, 9.17) is 10.1 Å². The van der Waals surface area contributed by atoms with E-state index in [9.17, 15) is 4.79 Å². The highest BCUT2D eigenvalue weighted by Gasteiger charge is 2.23. The number of benzene rings is 2. The first-order valence-corrected chi connectivity index (χ1v) is 9.20. The van der Waals surface area contributed by atoms with Crippen LogP contribution in [0.4, 0.5) is 5.69 Å². The Bertz CT molecular complexity index is 951. The van der Waals surface area contributed by atoms with Gasteiger partial charge in [-0.3, -0.25) is 0 Å². The lowest BCUT2D eigenvalue weighted by Gasteiger charge is -2.08. The molecule has 0 spiro atoms. The maximum atomic E-state index is 11.0. The summed E-state index contributed by atoms with van der Waals surface area (Å²) in [6.07, 6.45) is 2.56. The van der Waals surface area contributed by atoms with E-state index in [1.807, 2.05) is 6.07 Å². The van der Waals surface area contributed by atoms with Gasteiger partial charge in [-0.2, -0.15) is 0 Å². The van der Waals surface area contributed by atoms with E-state index in [1.54, 1.807) is 35.6 Å². The predicted molar refractivity (Wildman–Crippen MR) is 99.1 cm³/mol. The number of aromatic nitrogens is 1. The second-order valence-corrected chi connectivity index (χ2v) is 7.12. The average Bonchev–Trinajstić information content (AvgIpc) is 3.37. The lowest BCUT2D eigenvalue weighted by Crippen LogP contribution is -2.17. The molecule has 0 atom stereocenters. The summed E-state index contributed by atoms with van der Waals surface area (Å²) in [5.41, 5.74) is 3.44. The molecule has 1 aliphatic rings. The van der Waals surface area contributed by atoms with Crippen LogP contribution < -0.4 is 4.80 Å². The number of carboxylic acid groups (broad SMARTS) is 1. The number of carboxylic acids is 1. The van der Waals surface area contributed by atoms with Crippen molar-refractivity contribution in [3.05, 3.63) is 70.3 Å². The number of hydrogen-bond acceptors (Lipinski definition) is 3. The van der Waals surface area contributed by atoms with Gasteiger partial charge in [0.25, 0.3) is 0 Å². The molecule has 4 rings (SSSR count). The molecule has 0 amide bonds. The highest BCUT2D eigenvalue weighted by atomic mass is 32.1. The minimum absolute atomic E-state index is 0.279. The summed E-state index contributed by atoms with van der Waals surface area (Å²) in [5.74, 6) is -0.178. The standard InChI is InChI=1S/C20H18N2O2S/c23-19(24)16-8-10-17(11-9-16)21-20-22(12-14-6-7-14)18(13-25-20)15-4-2-1-3-5-15/h1-5,8-11,13-14H,6-7,12H2,(H,23,24). The van der Waals surface area contributed by atoms with Gasteiger partial charge in [0.1, 0.15) is 0 Å². The van der Waals surface area contributed by atoms with E-state index in [2.05, 4.69) is 34.2 Å². The SMILES string of the molecule is O=C(O)c1ccc(N=c2scc(-c3ccccc3)n2CC2CC2)cc1. The van der Waals surface area contributed by atoms with E-state index >= 15 is 0 Å². The van der Waals surface area contributed by atoms with Crippen LogP contribution in [0.5, 0.6) is 0 Å². The Balaban J connectivity index is 1.75. The minimum Gasteiger partial charge on any atom is -0.478 e. The van der Waals surface area contributed by atoms with Crippen molar-refractivity contribution < 1.29 is 9.90 Å². The highest BCUT2D eigenvalue weighted by Crippen LogP contribution is 2.32. The van der Waals surface area contributed by atoms with Crippen molar-refractivity contribution in [1.82, 2.24) is 4.57 Å². The van der Waals surface area contributed by atoms with Gasteiger partial charge < -0.3 is 9.67 Å². The Morgan fingerprint density at radius 3 is 2.48 bits per heavy atom. The number of aromatic carboxylic acids is 1. The van der Waals surface area contributed by atoms with Crippen molar-refractivity contribution in [2.75, 3.05) is 0 Å². The molecule has 0 radical (unpaired) electrons. The summed E-state index contributed by atoms with van der Waals surface area (Å²) in [7, 11) is 0. The summed E-state index contributed by atoms with van der Waals surface area (Å²) >= 11 is 1.63. The molecule has 4 nitrogen and oxygen atoms in total. The molecule has 5 heteroatoms. The Labute approximate surface area is 149 Å². The van der Waals surface area contributed by atoms with Crippen LogP contribution >= 0.6 is 11.3 Å². The summed E-state index contributed by atoms with van der Waals surface area (Å²) in [6.45, 7) is 0.986. The third-order valence-electron chi connectivity index (χ3n) is 4.34. The van der Waals surface area contributed by atoms with Crippen molar-refractivity contribution >= 4 is 23.0 Å². The van der Waals surface area contributed by atoms with Crippen molar-refractivity contribution in [3.63, 3.8) is 0 Å². The van der Waals surface area contributed by atoms with E-state index in [0.29, 0.717) is 0 Å². The number of nitrogens with zero attached hydrogens (tertiary/aromatic N) is 2. The van der Waals surface area contributed by atoms with Crippen LogP contribution in [-0.2, 0) is 6.54 Å². The fourth-order valence-corrected chi connectivity index (χ4v) is 3.72. The second kappa shape index (κ2) is 6.69. The third-order valence-corrected chi connectivity index (χ3v) is 5.21. The van der Waals surface area contributed by atoms with Gasteiger partial charge in [0.2, 0.25) is 0 Å². The fourth-order valence-electron chi connectivity index (χ4n) is 2.78. The zero-order valence-electron chi connectivity index (χ0n) is 13.6. The molecule has 3 aromatic rings. The molecule has 0 bridgehead atoms. The van der Waals surface area contributed by atoms with Gasteiger partial charge in [-0.05, 0) is 48.6 Å². The van der Waals surface area contributed by atoms with Crippen LogP contribution in [0, 0.1) is 5.92 Å². The molecule has 2 aromatic carbocycles. The zero-order chi connectivity index (χ0) is 17.2. The molecular formula is C20H18N2O2S. The number of rotatable bonds is 5. The molecule has 1 aromatic heterocycles. The van der Waals surface area contributed by atoms with Crippen molar-refractivity contribution in [2.45, 2.75) is 19.4 Å². The first-order valence-electron chi connectivity index (χ1n) is 8.32. The normalized spacial score (nSPS) is 14.6. The monoisotopic (exact) mass is 350 g/mol. The van der Waals surface area contributed by atoms with Crippen LogP contribution in [0.1, 0.15) is 23.2 Å². The second-order valence-electron chi connectivity index (χ2n) is 6.29. The fraction of sp³-hybridized carbons (Fsp3) is 0.200. The summed E-state index contributed by atoms with van der Waals surface area (Å²) in [4.78, 5) is 16.7. The van der Waals surface area contributed by atoms with Crippen LogP contribution in [0.25, 0.3) is 11.3 Å². The van der Waals surface area contributed by atoms with E-state index < -0.39 is 5.97 Å². The topological polar surface area (TPSA) is 54.6 Å². The van der Waals surface area contributed by atoms with Gasteiger partial charge in [-0.25, -0.2) is 9.79 Å². The lowest BCUT2D eigenvalue weighted by atomic mass is 10.2. The summed E-state index contributed by atoms with van der Waals surface area (Å²) < 4.78 is 2.29. The largest absolute Gasteiger partial charge is 0.478 e. The molecule has 1 aliphatic carbocycles. The maximum Gasteiger partial charge on any atom is 0.335 e. The number of thiazole rings is 1. The lowest BCUT2D eigenvalue weighted by molar-refractivity contribution is 0.0697. The molecular weight excluding hydrogens is 332 g/mol. The number of carbonyl (C=O) groups is 1. The van der Waals surface area contributed by atoms with E-state index in [0.717, 1.165) is 23.0 Å². The highest BCUT2D eigenvalue weighted by molar-refractivity contribution is 7.07. The third kappa shape index (κ3) is 3.56. The van der Waals surface area contributed by atoms with E-state index in [1.165, 1.54) is 24.1 Å². The molecule has 1 N–H and O–H groups in total. The van der Waals surface area contributed by atoms with Crippen molar-refractivity contribution in [2.24, 2.45) is 10.9 Å². The van der Waals surface area contributed by atoms with Gasteiger partial charge >= 0.3 is 5.97 Å². The minimum atomic E-state index is -0.919. The molecule has 0 saturated heterocycles. The van der Waals surface area contributed by atoms with Crippen LogP contribution in [0.3, 0.4) is 0 Å². The predicted octanol–water partition coefficient (Wildman–Crippen LogP) is 4.56. The van der Waals surface area contributed by atoms with Gasteiger partial charge in [0.05, 0.1) is 16.9 Å². The average molecular weight is 350 g/mol. The molecule has 1 heterocycles. The summed E-state index contributed by atoms with van der Waals surface area (Å²) in [6, 6.07) is 17.1. The Kier molecular flexibility index (Phi) is 4.24. The van der Waals surface area contributed by atoms with Crippen LogP contribution in [0.15, 0.2) is 65.0 Å². The van der Waals surface area contributed by atoms with Crippen molar-refractivity contribution in [3.8, 4) is 11.3 Å². The van der Waals surface area contributed by atoms with Crippen LogP contribution in [-0.4, -0.2) is 15.6 Å². The summed E-state index contributed by atoms with van der Waals surface area (Å²) in [5, 5.41) is 11.2. The molecule has 1 fully saturated rings. The quantitative estimate of drug-likeness (QED) is 0.733. The molecule has 25 heavy (non-hydrogen) atoms. The molecule has 1 saturated carbocycles. The first kappa shape index (κ1) is 15.8. The number of hydrogen-bond donors (Lipinski definition) is 1. The van der Waals surface area contributed by atoms with Crippen LogP contribution in [0.2, 0.25) is 0 Å². The first-order chi connectivity index (χ1) is 12.2.